The van der Waals surface area contributed by atoms with E-state index in [2.05, 4.69) is 47.1 Å². The van der Waals surface area contributed by atoms with Crippen molar-refractivity contribution in [3.8, 4) is 0 Å². The lowest BCUT2D eigenvalue weighted by Crippen LogP contribution is -2.59. The average Bonchev–Trinajstić information content (AvgIpc) is 3.00. The molecule has 9 nitrogen and oxygen atoms in total. The smallest absolute Gasteiger partial charge is 0.178 e. The van der Waals surface area contributed by atoms with Crippen LogP contribution < -0.4 is 9.80 Å². The van der Waals surface area contributed by atoms with Crippen LogP contribution in [0.3, 0.4) is 0 Å². The molecule has 0 N–H and O–H groups in total. The Labute approximate surface area is 155 Å². The van der Waals surface area contributed by atoms with Gasteiger partial charge in [0.05, 0.1) is 17.8 Å². The Balaban J connectivity index is 1.39. The number of aromatic nitrogens is 7. The Kier molecular flexibility index (Phi) is 3.43. The Morgan fingerprint density at radius 2 is 1.93 bits per heavy atom. The lowest BCUT2D eigenvalue weighted by atomic mass is 10.1. The minimum Gasteiger partial charge on any atom is -0.352 e. The van der Waals surface area contributed by atoms with Crippen molar-refractivity contribution in [1.29, 1.82) is 0 Å². The van der Waals surface area contributed by atoms with E-state index in [1.165, 1.54) is 0 Å². The zero-order valence-corrected chi connectivity index (χ0v) is 15.4. The topological polar surface area (TPSA) is 88.2 Å². The molecule has 5 heterocycles. The third-order valence-electron chi connectivity index (χ3n) is 5.06. The lowest BCUT2D eigenvalue weighted by Gasteiger charge is -2.45. The molecule has 0 spiro atoms. The van der Waals surface area contributed by atoms with Crippen molar-refractivity contribution in [2.24, 2.45) is 0 Å². The Bertz CT molecular complexity index is 1150. The molecule has 9 heteroatoms. The molecule has 1 fully saturated rings. The van der Waals surface area contributed by atoms with E-state index in [1.54, 1.807) is 16.9 Å². The predicted octanol–water partition coefficient (Wildman–Crippen LogP) is 1.40. The zero-order chi connectivity index (χ0) is 18.5. The summed E-state index contributed by atoms with van der Waals surface area (Å²) in [5, 5.41) is 13.8. The van der Waals surface area contributed by atoms with E-state index < -0.39 is 0 Å². The molecule has 5 rings (SSSR count). The molecule has 0 radical (unpaired) electrons. The van der Waals surface area contributed by atoms with E-state index in [0.717, 1.165) is 52.9 Å². The fourth-order valence-corrected chi connectivity index (χ4v) is 3.46. The number of hydrogen-bond acceptors (Lipinski definition) is 8. The van der Waals surface area contributed by atoms with Crippen LogP contribution in [0.2, 0.25) is 0 Å². The summed E-state index contributed by atoms with van der Waals surface area (Å²) in [6.07, 6.45) is 3.57. The minimum absolute atomic E-state index is 0.357. The number of anilines is 2. The third-order valence-corrected chi connectivity index (χ3v) is 5.06. The van der Waals surface area contributed by atoms with Crippen LogP contribution >= 0.6 is 0 Å². The van der Waals surface area contributed by atoms with Crippen molar-refractivity contribution in [3.05, 3.63) is 42.2 Å². The van der Waals surface area contributed by atoms with Gasteiger partial charge in [0.25, 0.3) is 0 Å². The lowest BCUT2D eigenvalue weighted by molar-refractivity contribution is 0.487. The van der Waals surface area contributed by atoms with Crippen LogP contribution in [0.1, 0.15) is 11.6 Å². The van der Waals surface area contributed by atoms with Crippen molar-refractivity contribution in [2.45, 2.75) is 19.9 Å². The summed E-state index contributed by atoms with van der Waals surface area (Å²) in [4.78, 5) is 17.8. The van der Waals surface area contributed by atoms with Gasteiger partial charge >= 0.3 is 0 Å². The summed E-state index contributed by atoms with van der Waals surface area (Å²) >= 11 is 0. The SMILES string of the molecule is Cc1nc(N(C)C2CN(c3ccc4nnc(C)n4n3)C2)c2ccncc2n1. The highest BCUT2D eigenvalue weighted by molar-refractivity contribution is 5.89. The molecule has 0 saturated carbocycles. The Hall–Kier alpha value is -3.36. The molecule has 0 bridgehead atoms. The number of aryl methyl sites for hydroxylation is 2. The number of rotatable bonds is 3. The number of fused-ring (bicyclic) bond motifs is 2. The standard InChI is InChI=1S/C18H19N9/c1-11-20-15-8-19-7-6-14(15)18(21-11)25(3)13-9-26(10-13)17-5-4-16-23-22-12(2)27(16)24-17/h4-8,13H,9-10H2,1-3H3. The first-order chi connectivity index (χ1) is 13.1. The fourth-order valence-electron chi connectivity index (χ4n) is 3.46. The molecule has 0 aliphatic carbocycles. The second kappa shape index (κ2) is 5.83. The quantitative estimate of drug-likeness (QED) is 0.541. The highest BCUT2D eigenvalue weighted by Gasteiger charge is 2.32. The Morgan fingerprint density at radius 3 is 2.78 bits per heavy atom. The largest absolute Gasteiger partial charge is 0.352 e. The molecule has 27 heavy (non-hydrogen) atoms. The van der Waals surface area contributed by atoms with Gasteiger partial charge in [-0.2, -0.15) is 4.52 Å². The highest BCUT2D eigenvalue weighted by atomic mass is 15.4. The van der Waals surface area contributed by atoms with Crippen LogP contribution in [0.15, 0.2) is 30.6 Å². The first kappa shape index (κ1) is 15.9. The Morgan fingerprint density at radius 1 is 1.07 bits per heavy atom. The van der Waals surface area contributed by atoms with Gasteiger partial charge in [-0.15, -0.1) is 15.3 Å². The van der Waals surface area contributed by atoms with Gasteiger partial charge < -0.3 is 9.80 Å². The van der Waals surface area contributed by atoms with Gasteiger partial charge in [-0.25, -0.2) is 9.97 Å². The van der Waals surface area contributed by atoms with Crippen molar-refractivity contribution in [2.75, 3.05) is 29.9 Å². The van der Waals surface area contributed by atoms with Crippen molar-refractivity contribution < 1.29 is 0 Å². The first-order valence-electron chi connectivity index (χ1n) is 8.85. The summed E-state index contributed by atoms with van der Waals surface area (Å²) in [6, 6.07) is 6.28. The molecule has 0 unspecified atom stereocenters. The monoisotopic (exact) mass is 361 g/mol. The van der Waals surface area contributed by atoms with Gasteiger partial charge in [0, 0.05) is 31.7 Å². The normalized spacial score (nSPS) is 14.7. The number of pyridine rings is 1. The van der Waals surface area contributed by atoms with E-state index in [9.17, 15) is 0 Å². The third kappa shape index (κ3) is 2.54. The molecule has 4 aromatic heterocycles. The van der Waals surface area contributed by atoms with Crippen LogP contribution in [0.25, 0.3) is 16.6 Å². The number of hydrogen-bond donors (Lipinski definition) is 0. The fraction of sp³-hybridized carbons (Fsp3) is 0.333. The van der Waals surface area contributed by atoms with Gasteiger partial charge in [0.15, 0.2) is 11.5 Å². The van der Waals surface area contributed by atoms with E-state index in [4.69, 9.17) is 0 Å². The van der Waals surface area contributed by atoms with Gasteiger partial charge in [0.2, 0.25) is 0 Å². The van der Waals surface area contributed by atoms with Crippen molar-refractivity contribution in [3.63, 3.8) is 0 Å². The van der Waals surface area contributed by atoms with Crippen LogP contribution in [0.4, 0.5) is 11.6 Å². The van der Waals surface area contributed by atoms with Crippen LogP contribution in [0, 0.1) is 13.8 Å². The van der Waals surface area contributed by atoms with Gasteiger partial charge in [0.1, 0.15) is 17.5 Å². The maximum absolute atomic E-state index is 4.68. The number of nitrogens with zero attached hydrogens (tertiary/aromatic N) is 9. The second-order valence-electron chi connectivity index (χ2n) is 6.87. The van der Waals surface area contributed by atoms with Gasteiger partial charge in [-0.1, -0.05) is 0 Å². The molecule has 1 aliphatic heterocycles. The van der Waals surface area contributed by atoms with Gasteiger partial charge in [-0.3, -0.25) is 4.98 Å². The summed E-state index contributed by atoms with van der Waals surface area (Å²) in [6.45, 7) is 5.58. The second-order valence-corrected chi connectivity index (χ2v) is 6.87. The molecule has 0 atom stereocenters. The molecule has 0 aromatic carbocycles. The van der Waals surface area contributed by atoms with Crippen LogP contribution in [0.5, 0.6) is 0 Å². The van der Waals surface area contributed by atoms with E-state index in [-0.39, 0.29) is 0 Å². The summed E-state index contributed by atoms with van der Waals surface area (Å²) in [5.41, 5.74) is 1.64. The number of likely N-dealkylation sites (N-methyl/N-ethyl adjacent to an activating group) is 1. The summed E-state index contributed by atoms with van der Waals surface area (Å²) in [7, 11) is 2.09. The first-order valence-corrected chi connectivity index (χ1v) is 8.85. The minimum atomic E-state index is 0.357. The maximum atomic E-state index is 4.68. The molecule has 0 amide bonds. The highest BCUT2D eigenvalue weighted by Crippen LogP contribution is 2.28. The zero-order valence-electron chi connectivity index (χ0n) is 15.4. The van der Waals surface area contributed by atoms with Crippen LogP contribution in [-0.4, -0.2) is 60.9 Å². The average molecular weight is 361 g/mol. The maximum Gasteiger partial charge on any atom is 0.178 e. The van der Waals surface area contributed by atoms with E-state index >= 15 is 0 Å². The molecular weight excluding hydrogens is 342 g/mol. The van der Waals surface area contributed by atoms with Crippen LogP contribution in [-0.2, 0) is 0 Å². The van der Waals surface area contributed by atoms with Crippen molar-refractivity contribution >= 4 is 28.2 Å². The molecule has 1 aliphatic rings. The summed E-state index contributed by atoms with van der Waals surface area (Å²) < 4.78 is 1.78. The van der Waals surface area contributed by atoms with Gasteiger partial charge in [-0.05, 0) is 32.0 Å². The molecule has 136 valence electrons. The predicted molar refractivity (Wildman–Crippen MR) is 102 cm³/mol. The molecule has 4 aromatic rings. The molecular formula is C18H19N9. The molecule has 1 saturated heterocycles. The van der Waals surface area contributed by atoms with Crippen molar-refractivity contribution in [1.82, 2.24) is 34.8 Å². The van der Waals surface area contributed by atoms with E-state index in [0.29, 0.717) is 6.04 Å². The summed E-state index contributed by atoms with van der Waals surface area (Å²) in [5.74, 6) is 3.42. The van der Waals surface area contributed by atoms with E-state index in [1.807, 2.05) is 32.0 Å².